The van der Waals surface area contributed by atoms with Crippen LogP contribution in [0.1, 0.15) is 29.9 Å². The van der Waals surface area contributed by atoms with Crippen molar-refractivity contribution < 1.29 is 9.53 Å². The van der Waals surface area contributed by atoms with Gasteiger partial charge in [0, 0.05) is 0 Å². The van der Waals surface area contributed by atoms with Crippen molar-refractivity contribution in [2.24, 2.45) is 11.7 Å². The Morgan fingerprint density at radius 3 is 3.00 bits per heavy atom. The molecule has 1 aromatic carbocycles. The van der Waals surface area contributed by atoms with Crippen LogP contribution in [0.4, 0.5) is 0 Å². The lowest BCUT2D eigenvalue weighted by atomic mass is 9.85. The third-order valence-corrected chi connectivity index (χ3v) is 3.71. The maximum Gasteiger partial charge on any atom is 0.305 e. The Morgan fingerprint density at radius 1 is 1.53 bits per heavy atom. The highest BCUT2D eigenvalue weighted by Gasteiger charge is 2.30. The summed E-state index contributed by atoms with van der Waals surface area (Å²) in [5.74, 6) is 0.450. The second kappa shape index (κ2) is 5.32. The Bertz CT molecular complexity index is 403. The predicted octanol–water partition coefficient (Wildman–Crippen LogP) is 1.85. The number of aryl methyl sites for hydroxylation is 1. The van der Waals surface area contributed by atoms with E-state index in [0.29, 0.717) is 18.9 Å². The summed E-state index contributed by atoms with van der Waals surface area (Å²) in [6.45, 7) is 0.536. The molecule has 1 aliphatic carbocycles. The van der Waals surface area contributed by atoms with E-state index in [2.05, 4.69) is 24.3 Å². The van der Waals surface area contributed by atoms with Crippen molar-refractivity contribution in [3.8, 4) is 0 Å². The number of hydrogen-bond donors (Lipinski definition) is 1. The van der Waals surface area contributed by atoms with Gasteiger partial charge in [0.25, 0.3) is 0 Å². The van der Waals surface area contributed by atoms with Crippen molar-refractivity contribution in [2.45, 2.75) is 25.2 Å². The van der Waals surface area contributed by atoms with Crippen molar-refractivity contribution in [1.29, 1.82) is 0 Å². The van der Waals surface area contributed by atoms with Crippen molar-refractivity contribution in [3.63, 3.8) is 0 Å². The van der Waals surface area contributed by atoms with E-state index in [1.165, 1.54) is 18.2 Å². The summed E-state index contributed by atoms with van der Waals surface area (Å²) in [5.41, 5.74) is 8.58. The van der Waals surface area contributed by atoms with Crippen LogP contribution in [0.3, 0.4) is 0 Å². The van der Waals surface area contributed by atoms with Gasteiger partial charge < -0.3 is 10.5 Å². The molecule has 3 nitrogen and oxygen atoms in total. The Balaban J connectivity index is 2.14. The summed E-state index contributed by atoms with van der Waals surface area (Å²) >= 11 is 0. The van der Waals surface area contributed by atoms with Crippen molar-refractivity contribution in [3.05, 3.63) is 35.4 Å². The lowest BCUT2D eigenvalue weighted by molar-refractivity contribution is -0.141. The number of nitrogens with two attached hydrogens (primary N) is 1. The molecule has 17 heavy (non-hydrogen) atoms. The van der Waals surface area contributed by atoms with Crippen LogP contribution < -0.4 is 5.73 Å². The van der Waals surface area contributed by atoms with Gasteiger partial charge >= 0.3 is 5.97 Å². The molecule has 0 heterocycles. The van der Waals surface area contributed by atoms with Crippen LogP contribution in [0.15, 0.2) is 24.3 Å². The van der Waals surface area contributed by atoms with Gasteiger partial charge in [-0.2, -0.15) is 0 Å². The van der Waals surface area contributed by atoms with E-state index in [4.69, 9.17) is 10.5 Å². The van der Waals surface area contributed by atoms with E-state index in [1.807, 2.05) is 0 Å². The molecule has 0 saturated carbocycles. The first-order chi connectivity index (χ1) is 8.26. The van der Waals surface area contributed by atoms with E-state index in [0.717, 1.165) is 12.8 Å². The van der Waals surface area contributed by atoms with Crippen LogP contribution >= 0.6 is 0 Å². The monoisotopic (exact) mass is 233 g/mol. The molecule has 2 N–H and O–H groups in total. The zero-order valence-electron chi connectivity index (χ0n) is 10.2. The topological polar surface area (TPSA) is 52.3 Å². The van der Waals surface area contributed by atoms with Crippen LogP contribution in [0, 0.1) is 5.92 Å². The van der Waals surface area contributed by atoms with Gasteiger partial charge in [0.1, 0.15) is 0 Å². The lowest BCUT2D eigenvalue weighted by Crippen LogP contribution is -2.24. The molecule has 92 valence electrons. The summed E-state index contributed by atoms with van der Waals surface area (Å²) < 4.78 is 4.74. The van der Waals surface area contributed by atoms with Crippen molar-refractivity contribution in [2.75, 3.05) is 13.7 Å². The van der Waals surface area contributed by atoms with Gasteiger partial charge in [-0.25, -0.2) is 0 Å². The molecule has 2 unspecified atom stereocenters. The molecule has 0 bridgehead atoms. The van der Waals surface area contributed by atoms with E-state index in [1.54, 1.807) is 0 Å². The predicted molar refractivity (Wildman–Crippen MR) is 66.7 cm³/mol. The van der Waals surface area contributed by atoms with Gasteiger partial charge in [-0.1, -0.05) is 24.3 Å². The zero-order valence-corrected chi connectivity index (χ0v) is 10.2. The van der Waals surface area contributed by atoms with Gasteiger partial charge in [0.2, 0.25) is 0 Å². The quantitative estimate of drug-likeness (QED) is 0.807. The second-order valence-corrected chi connectivity index (χ2v) is 4.62. The van der Waals surface area contributed by atoms with Crippen LogP contribution in [-0.4, -0.2) is 19.6 Å². The van der Waals surface area contributed by atoms with E-state index in [9.17, 15) is 4.79 Å². The average Bonchev–Trinajstić information content (AvgIpc) is 2.79. The summed E-state index contributed by atoms with van der Waals surface area (Å²) in [6.07, 6.45) is 2.61. The minimum atomic E-state index is -0.162. The van der Waals surface area contributed by atoms with E-state index < -0.39 is 0 Å². The minimum absolute atomic E-state index is 0.162. The standard InChI is InChI=1S/C14H19NO2/c1-17-14(16)8-11(9-15)13-7-6-10-4-2-3-5-12(10)13/h2-5,11,13H,6-9,15H2,1H3. The maximum atomic E-state index is 11.4. The summed E-state index contributed by atoms with van der Waals surface area (Å²) in [4.78, 5) is 11.4. The van der Waals surface area contributed by atoms with Crippen LogP contribution in [0.5, 0.6) is 0 Å². The van der Waals surface area contributed by atoms with Crippen molar-refractivity contribution >= 4 is 5.97 Å². The molecule has 3 heteroatoms. The molecular weight excluding hydrogens is 214 g/mol. The average molecular weight is 233 g/mol. The number of fused-ring (bicyclic) bond motifs is 1. The van der Waals surface area contributed by atoms with Gasteiger partial charge in [-0.15, -0.1) is 0 Å². The molecule has 0 spiro atoms. The Hall–Kier alpha value is -1.35. The highest BCUT2D eigenvalue weighted by molar-refractivity contribution is 5.69. The number of esters is 1. The maximum absolute atomic E-state index is 11.4. The number of hydrogen-bond acceptors (Lipinski definition) is 3. The first-order valence-corrected chi connectivity index (χ1v) is 6.11. The van der Waals surface area contributed by atoms with E-state index in [-0.39, 0.29) is 11.9 Å². The number of ether oxygens (including phenoxy) is 1. The van der Waals surface area contributed by atoms with Gasteiger partial charge in [-0.3, -0.25) is 4.79 Å². The molecule has 1 aromatic rings. The highest BCUT2D eigenvalue weighted by Crippen LogP contribution is 2.39. The Kier molecular flexibility index (Phi) is 3.79. The van der Waals surface area contributed by atoms with Gasteiger partial charge in [-0.05, 0) is 42.3 Å². The minimum Gasteiger partial charge on any atom is -0.469 e. The summed E-state index contributed by atoms with van der Waals surface area (Å²) in [7, 11) is 1.43. The lowest BCUT2D eigenvalue weighted by Gasteiger charge is -2.21. The second-order valence-electron chi connectivity index (χ2n) is 4.62. The largest absolute Gasteiger partial charge is 0.469 e. The molecule has 0 aromatic heterocycles. The van der Waals surface area contributed by atoms with Gasteiger partial charge in [0.15, 0.2) is 0 Å². The number of benzene rings is 1. The molecule has 0 fully saturated rings. The smallest absolute Gasteiger partial charge is 0.305 e. The highest BCUT2D eigenvalue weighted by atomic mass is 16.5. The Labute approximate surface area is 102 Å². The third kappa shape index (κ3) is 2.50. The molecular formula is C14H19NO2. The molecule has 0 radical (unpaired) electrons. The van der Waals surface area contributed by atoms with Crippen LogP contribution in [0.2, 0.25) is 0 Å². The normalized spacial score (nSPS) is 19.8. The molecule has 2 rings (SSSR count). The molecule has 2 atom stereocenters. The number of rotatable bonds is 4. The van der Waals surface area contributed by atoms with Crippen LogP contribution in [-0.2, 0) is 16.0 Å². The zero-order chi connectivity index (χ0) is 12.3. The van der Waals surface area contributed by atoms with E-state index >= 15 is 0 Å². The summed E-state index contributed by atoms with van der Waals surface area (Å²) in [5, 5.41) is 0. The SMILES string of the molecule is COC(=O)CC(CN)C1CCc2ccccc21. The number of methoxy groups -OCH3 is 1. The molecule has 0 amide bonds. The third-order valence-electron chi connectivity index (χ3n) is 3.71. The first-order valence-electron chi connectivity index (χ1n) is 6.11. The fourth-order valence-electron chi connectivity index (χ4n) is 2.77. The Morgan fingerprint density at radius 2 is 2.29 bits per heavy atom. The molecule has 0 saturated heterocycles. The van der Waals surface area contributed by atoms with Crippen molar-refractivity contribution in [1.82, 2.24) is 0 Å². The fourth-order valence-corrected chi connectivity index (χ4v) is 2.77. The summed E-state index contributed by atoms with van der Waals surface area (Å²) in [6, 6.07) is 8.45. The molecule has 1 aliphatic rings. The van der Waals surface area contributed by atoms with Gasteiger partial charge in [0.05, 0.1) is 13.5 Å². The van der Waals surface area contributed by atoms with Crippen LogP contribution in [0.25, 0.3) is 0 Å². The molecule has 0 aliphatic heterocycles. The first kappa shape index (κ1) is 12.1. The number of carbonyl (C=O) groups is 1. The fraction of sp³-hybridized carbons (Fsp3) is 0.500. The number of carbonyl (C=O) groups excluding carboxylic acids is 1.